The van der Waals surface area contributed by atoms with Crippen molar-refractivity contribution in [1.82, 2.24) is 11.0 Å². The predicted molar refractivity (Wildman–Crippen MR) is 53.7 cm³/mol. The molecule has 0 spiro atoms. The molecule has 82 valence electrons. The molecule has 0 aliphatic heterocycles. The largest absolute Gasteiger partial charge is 0.508 e. The van der Waals surface area contributed by atoms with Crippen LogP contribution in [0.15, 0.2) is 24.3 Å². The first kappa shape index (κ1) is 11.4. The van der Waals surface area contributed by atoms with Gasteiger partial charge in [-0.15, -0.1) is 0 Å². The highest BCUT2D eigenvalue weighted by Gasteiger charge is 2.16. The van der Waals surface area contributed by atoms with E-state index in [2.05, 4.69) is 11.0 Å². The molecule has 0 fully saturated rings. The van der Waals surface area contributed by atoms with Crippen LogP contribution < -0.4 is 16.8 Å². The predicted octanol–water partition coefficient (Wildman–Crippen LogP) is -0.644. The summed E-state index contributed by atoms with van der Waals surface area (Å²) < 4.78 is 0. The maximum atomic E-state index is 10.8. The zero-order valence-corrected chi connectivity index (χ0v) is 7.97. The van der Waals surface area contributed by atoms with Crippen LogP contribution in [0.4, 0.5) is 0 Å². The second-order valence-corrected chi connectivity index (χ2v) is 3.05. The molecule has 0 amide bonds. The molecule has 0 aromatic heterocycles. The number of phenolic OH excluding ortho intramolecular Hbond substituents is 1. The highest BCUT2D eigenvalue weighted by Crippen LogP contribution is 2.11. The molecule has 0 aliphatic rings. The Morgan fingerprint density at radius 2 is 2.00 bits per heavy atom. The van der Waals surface area contributed by atoms with Crippen LogP contribution in [-0.2, 0) is 11.2 Å². The fourth-order valence-corrected chi connectivity index (χ4v) is 1.17. The Morgan fingerprint density at radius 3 is 2.47 bits per heavy atom. The molecule has 6 nitrogen and oxygen atoms in total. The Kier molecular flexibility index (Phi) is 4.04. The van der Waals surface area contributed by atoms with Crippen LogP contribution in [0.25, 0.3) is 0 Å². The van der Waals surface area contributed by atoms with Crippen molar-refractivity contribution in [3.8, 4) is 5.75 Å². The number of benzene rings is 1. The molecule has 1 aromatic carbocycles. The minimum Gasteiger partial charge on any atom is -0.508 e. The van der Waals surface area contributed by atoms with Crippen molar-refractivity contribution in [2.45, 2.75) is 12.5 Å². The first-order valence-electron chi connectivity index (χ1n) is 4.35. The summed E-state index contributed by atoms with van der Waals surface area (Å²) in [5.41, 5.74) is 5.31. The van der Waals surface area contributed by atoms with Crippen LogP contribution in [0.1, 0.15) is 5.56 Å². The van der Waals surface area contributed by atoms with E-state index in [1.165, 1.54) is 12.1 Å². The quantitative estimate of drug-likeness (QED) is 0.327. The monoisotopic (exact) mass is 211 g/mol. The van der Waals surface area contributed by atoms with Crippen molar-refractivity contribution < 1.29 is 15.0 Å². The van der Waals surface area contributed by atoms with Gasteiger partial charge in [-0.05, 0) is 24.1 Å². The van der Waals surface area contributed by atoms with Crippen molar-refractivity contribution in [1.29, 1.82) is 0 Å². The number of aliphatic carboxylic acids is 1. The number of aromatic hydroxyl groups is 1. The van der Waals surface area contributed by atoms with Crippen LogP contribution in [0, 0.1) is 0 Å². The van der Waals surface area contributed by atoms with E-state index >= 15 is 0 Å². The number of carboxylic acid groups (broad SMARTS) is 1. The summed E-state index contributed by atoms with van der Waals surface area (Å²) in [6.07, 6.45) is 0.278. The van der Waals surface area contributed by atoms with E-state index in [1.807, 2.05) is 0 Å². The topological polar surface area (TPSA) is 108 Å². The standard InChI is InChI=1S/C9H13N3O3/c10-12-11-8(9(14)15)5-6-1-3-7(13)4-2-6/h1-4,8,11-13H,5,10H2,(H,14,15)/t8-/m0/s1. The second kappa shape index (κ2) is 5.30. The van der Waals surface area contributed by atoms with Gasteiger partial charge < -0.3 is 10.2 Å². The van der Waals surface area contributed by atoms with Crippen molar-refractivity contribution in [2.75, 3.05) is 0 Å². The molecule has 0 radical (unpaired) electrons. The van der Waals surface area contributed by atoms with E-state index in [9.17, 15) is 4.79 Å². The van der Waals surface area contributed by atoms with E-state index < -0.39 is 12.0 Å². The third kappa shape index (κ3) is 3.55. The highest BCUT2D eigenvalue weighted by atomic mass is 16.4. The molecule has 0 heterocycles. The molecule has 1 rings (SSSR count). The molecule has 1 aromatic rings. The van der Waals surface area contributed by atoms with E-state index in [0.717, 1.165) is 5.56 Å². The third-order valence-corrected chi connectivity index (χ3v) is 1.93. The van der Waals surface area contributed by atoms with Crippen molar-refractivity contribution in [3.05, 3.63) is 29.8 Å². The summed E-state index contributed by atoms with van der Waals surface area (Å²) in [7, 11) is 0. The molecule has 0 bridgehead atoms. The zero-order valence-electron chi connectivity index (χ0n) is 7.97. The highest BCUT2D eigenvalue weighted by molar-refractivity contribution is 5.73. The third-order valence-electron chi connectivity index (χ3n) is 1.93. The number of carboxylic acids is 1. The lowest BCUT2D eigenvalue weighted by atomic mass is 10.1. The fraction of sp³-hybridized carbons (Fsp3) is 0.222. The van der Waals surface area contributed by atoms with Gasteiger partial charge in [0.05, 0.1) is 0 Å². The van der Waals surface area contributed by atoms with Gasteiger partial charge in [0.2, 0.25) is 0 Å². The first-order chi connectivity index (χ1) is 7.13. The van der Waals surface area contributed by atoms with Crippen LogP contribution in [0.2, 0.25) is 0 Å². The van der Waals surface area contributed by atoms with E-state index in [1.54, 1.807) is 12.1 Å². The minimum atomic E-state index is -0.999. The molecule has 15 heavy (non-hydrogen) atoms. The number of nitrogens with one attached hydrogen (secondary N) is 2. The lowest BCUT2D eigenvalue weighted by molar-refractivity contribution is -0.139. The molecule has 6 heteroatoms. The van der Waals surface area contributed by atoms with Crippen molar-refractivity contribution in [3.63, 3.8) is 0 Å². The van der Waals surface area contributed by atoms with Crippen LogP contribution in [-0.4, -0.2) is 22.2 Å². The summed E-state index contributed by atoms with van der Waals surface area (Å²) in [5, 5.41) is 17.9. The summed E-state index contributed by atoms with van der Waals surface area (Å²) >= 11 is 0. The van der Waals surface area contributed by atoms with Gasteiger partial charge in [-0.1, -0.05) is 12.1 Å². The van der Waals surface area contributed by atoms with Crippen LogP contribution >= 0.6 is 0 Å². The maximum absolute atomic E-state index is 10.8. The average molecular weight is 211 g/mol. The number of hydrazine groups is 2. The van der Waals surface area contributed by atoms with Gasteiger partial charge in [0.25, 0.3) is 0 Å². The molecule has 0 saturated carbocycles. The number of carbonyl (C=O) groups is 1. The Balaban J connectivity index is 2.65. The summed E-state index contributed by atoms with van der Waals surface area (Å²) in [6.45, 7) is 0. The van der Waals surface area contributed by atoms with E-state index in [0.29, 0.717) is 0 Å². The first-order valence-corrected chi connectivity index (χ1v) is 4.35. The smallest absolute Gasteiger partial charge is 0.322 e. The van der Waals surface area contributed by atoms with Gasteiger partial charge in [0, 0.05) is 0 Å². The Labute approximate surface area is 86.7 Å². The Morgan fingerprint density at radius 1 is 1.40 bits per heavy atom. The van der Waals surface area contributed by atoms with Gasteiger partial charge in [0.1, 0.15) is 11.8 Å². The number of nitrogens with two attached hydrogens (primary N) is 1. The summed E-state index contributed by atoms with van der Waals surface area (Å²) in [6, 6.07) is 5.51. The van der Waals surface area contributed by atoms with Gasteiger partial charge in [-0.25, -0.2) is 5.43 Å². The average Bonchev–Trinajstić information content (AvgIpc) is 2.20. The molecule has 6 N–H and O–H groups in total. The molecule has 0 saturated heterocycles. The van der Waals surface area contributed by atoms with Gasteiger partial charge in [-0.3, -0.25) is 10.6 Å². The zero-order chi connectivity index (χ0) is 11.3. The lowest BCUT2D eigenvalue weighted by Crippen LogP contribution is -2.49. The lowest BCUT2D eigenvalue weighted by Gasteiger charge is -2.12. The second-order valence-electron chi connectivity index (χ2n) is 3.05. The molecule has 0 aliphatic carbocycles. The molecule has 0 unspecified atom stereocenters. The van der Waals surface area contributed by atoms with Crippen molar-refractivity contribution >= 4 is 5.97 Å². The fourth-order valence-electron chi connectivity index (χ4n) is 1.17. The SMILES string of the molecule is NNN[C@@H](Cc1ccc(O)cc1)C(=O)O. The minimum absolute atomic E-state index is 0.149. The van der Waals surface area contributed by atoms with E-state index in [4.69, 9.17) is 16.1 Å². The Hall–Kier alpha value is -1.63. The maximum Gasteiger partial charge on any atom is 0.322 e. The summed E-state index contributed by atoms with van der Waals surface area (Å²) in [4.78, 5) is 10.8. The number of phenols is 1. The Bertz CT molecular complexity index is 326. The number of hydrogen-bond donors (Lipinski definition) is 5. The van der Waals surface area contributed by atoms with Crippen LogP contribution in [0.5, 0.6) is 5.75 Å². The molecular formula is C9H13N3O3. The van der Waals surface area contributed by atoms with Gasteiger partial charge >= 0.3 is 5.97 Å². The normalized spacial score (nSPS) is 12.3. The number of hydrogen-bond acceptors (Lipinski definition) is 5. The van der Waals surface area contributed by atoms with Gasteiger partial charge in [-0.2, -0.15) is 5.53 Å². The van der Waals surface area contributed by atoms with Crippen molar-refractivity contribution in [2.24, 2.45) is 5.84 Å². The van der Waals surface area contributed by atoms with Crippen LogP contribution in [0.3, 0.4) is 0 Å². The van der Waals surface area contributed by atoms with Gasteiger partial charge in [0.15, 0.2) is 0 Å². The molecular weight excluding hydrogens is 198 g/mol. The molecule has 1 atom stereocenters. The number of rotatable bonds is 5. The van der Waals surface area contributed by atoms with E-state index in [-0.39, 0.29) is 12.2 Å². The summed E-state index contributed by atoms with van der Waals surface area (Å²) in [5.74, 6) is 4.13.